The van der Waals surface area contributed by atoms with Gasteiger partial charge < -0.3 is 9.73 Å². The first-order valence-electron chi connectivity index (χ1n) is 5.18. The molecule has 0 bridgehead atoms. The monoisotopic (exact) mass is 194 g/mol. The largest absolute Gasteiger partial charge is 0.445 e. The van der Waals surface area contributed by atoms with Crippen molar-refractivity contribution in [3.8, 4) is 0 Å². The molecule has 0 fully saturated rings. The van der Waals surface area contributed by atoms with Crippen LogP contribution >= 0.6 is 0 Å². The number of nitrogens with one attached hydrogen (secondary N) is 1. The van der Waals surface area contributed by atoms with Gasteiger partial charge in [-0.05, 0) is 12.6 Å². The van der Waals surface area contributed by atoms with Gasteiger partial charge in [0, 0.05) is 19.4 Å². The molecule has 0 saturated carbocycles. The maximum Gasteiger partial charge on any atom is 0.191 e. The Bertz CT molecular complexity index is 291. The number of hydrogen-bond acceptors (Lipinski definition) is 3. The summed E-state index contributed by atoms with van der Waals surface area (Å²) in [6, 6.07) is 0. The van der Waals surface area contributed by atoms with Crippen molar-refractivity contribution in [2.24, 2.45) is 0 Å². The number of allylic oxidation sites excluding steroid dienone is 1. The van der Waals surface area contributed by atoms with Gasteiger partial charge in [-0.15, -0.1) is 0 Å². The van der Waals surface area contributed by atoms with Crippen LogP contribution in [0.5, 0.6) is 0 Å². The lowest BCUT2D eigenvalue weighted by Crippen LogP contribution is -2.15. The highest BCUT2D eigenvalue weighted by Gasteiger charge is 2.14. The van der Waals surface area contributed by atoms with E-state index in [9.17, 15) is 0 Å². The molecule has 3 heteroatoms. The molecule has 0 aromatic carbocycles. The Labute approximate surface area is 85.2 Å². The maximum absolute atomic E-state index is 5.43. The third kappa shape index (κ3) is 2.62. The summed E-state index contributed by atoms with van der Waals surface area (Å²) in [4.78, 5) is 4.07. The zero-order chi connectivity index (χ0) is 10.4. The minimum Gasteiger partial charge on any atom is -0.445 e. The van der Waals surface area contributed by atoms with Crippen LogP contribution in [0.2, 0.25) is 0 Å². The Kier molecular flexibility index (Phi) is 4.23. The number of aryl methyl sites for hydroxylation is 1. The molecule has 0 amide bonds. The normalized spacial score (nSPS) is 19.5. The van der Waals surface area contributed by atoms with E-state index in [0.29, 0.717) is 5.92 Å². The van der Waals surface area contributed by atoms with Crippen molar-refractivity contribution >= 4 is 0 Å². The summed E-state index contributed by atoms with van der Waals surface area (Å²) < 4.78 is 5.43. The van der Waals surface area contributed by atoms with Gasteiger partial charge in [-0.2, -0.15) is 0 Å². The van der Waals surface area contributed by atoms with Crippen LogP contribution < -0.4 is 5.32 Å². The van der Waals surface area contributed by atoms with E-state index in [1.54, 1.807) is 0 Å². The van der Waals surface area contributed by atoms with E-state index in [1.165, 1.54) is 0 Å². The highest BCUT2D eigenvalue weighted by atomic mass is 16.4. The van der Waals surface area contributed by atoms with E-state index in [4.69, 9.17) is 4.42 Å². The minimum absolute atomic E-state index is 0.410. The highest BCUT2D eigenvalue weighted by molar-refractivity contribution is 5.12. The van der Waals surface area contributed by atoms with Gasteiger partial charge in [0.1, 0.15) is 5.76 Å². The number of aromatic nitrogens is 1. The number of oxazole rings is 1. The molecule has 1 N–H and O–H groups in total. The zero-order valence-corrected chi connectivity index (χ0v) is 9.08. The third-order valence-electron chi connectivity index (χ3n) is 2.05. The fourth-order valence-corrected chi connectivity index (χ4v) is 1.39. The second-order valence-corrected chi connectivity index (χ2v) is 2.99. The summed E-state index contributed by atoms with van der Waals surface area (Å²) in [5.41, 5.74) is 0. The number of rotatable bonds is 1. The maximum atomic E-state index is 5.43. The molecule has 0 aliphatic carbocycles. The van der Waals surface area contributed by atoms with Gasteiger partial charge in [-0.3, -0.25) is 0 Å². The van der Waals surface area contributed by atoms with Crippen molar-refractivity contribution < 1.29 is 4.42 Å². The van der Waals surface area contributed by atoms with Gasteiger partial charge in [0.25, 0.3) is 0 Å². The van der Waals surface area contributed by atoms with Gasteiger partial charge in [-0.25, -0.2) is 4.98 Å². The van der Waals surface area contributed by atoms with Crippen LogP contribution in [0, 0.1) is 6.92 Å². The number of hydrogen-bond donors (Lipinski definition) is 1. The molecule has 1 atom stereocenters. The Hall–Kier alpha value is -1.25. The standard InChI is InChI=1S/C9H12N2O.C2H6/c1-7-11-6-9(12-7)8-2-4-10-5-3-8;1-2/h2,4,6,8,10H,3,5H2,1H3;1-2H3. The number of nitrogens with zero attached hydrogens (tertiary/aromatic N) is 1. The molecule has 1 aliphatic heterocycles. The molecule has 78 valence electrons. The summed E-state index contributed by atoms with van der Waals surface area (Å²) in [5, 5.41) is 3.15. The first-order chi connectivity index (χ1) is 6.86. The van der Waals surface area contributed by atoms with E-state index in [0.717, 1.165) is 24.6 Å². The first-order valence-corrected chi connectivity index (χ1v) is 5.18. The molecule has 0 spiro atoms. The molecule has 1 aromatic heterocycles. The van der Waals surface area contributed by atoms with Crippen molar-refractivity contribution in [1.82, 2.24) is 10.3 Å². The van der Waals surface area contributed by atoms with Crippen LogP contribution in [0.1, 0.15) is 37.8 Å². The van der Waals surface area contributed by atoms with Gasteiger partial charge in [0.05, 0.1) is 6.20 Å². The lowest BCUT2D eigenvalue weighted by atomic mass is 10.0. The SMILES string of the molecule is CC.Cc1ncc(C2C=CNCC2)o1. The third-order valence-corrected chi connectivity index (χ3v) is 2.05. The summed E-state index contributed by atoms with van der Waals surface area (Å²) in [5.74, 6) is 2.13. The quantitative estimate of drug-likeness (QED) is 0.746. The van der Waals surface area contributed by atoms with Crippen LogP contribution in [-0.4, -0.2) is 11.5 Å². The lowest BCUT2D eigenvalue weighted by Gasteiger charge is -2.14. The van der Waals surface area contributed by atoms with Crippen molar-refractivity contribution in [2.45, 2.75) is 33.1 Å². The van der Waals surface area contributed by atoms with Gasteiger partial charge in [0.15, 0.2) is 5.89 Å². The van der Waals surface area contributed by atoms with Crippen molar-refractivity contribution in [1.29, 1.82) is 0 Å². The molecular formula is C11H18N2O. The van der Waals surface area contributed by atoms with E-state index in [2.05, 4.69) is 16.4 Å². The predicted molar refractivity (Wildman–Crippen MR) is 57.1 cm³/mol. The van der Waals surface area contributed by atoms with Crippen LogP contribution in [0.25, 0.3) is 0 Å². The summed E-state index contributed by atoms with van der Waals surface area (Å²) >= 11 is 0. The summed E-state index contributed by atoms with van der Waals surface area (Å²) in [7, 11) is 0. The minimum atomic E-state index is 0.410. The summed E-state index contributed by atoms with van der Waals surface area (Å²) in [6.45, 7) is 6.88. The fourth-order valence-electron chi connectivity index (χ4n) is 1.39. The molecule has 14 heavy (non-hydrogen) atoms. The first kappa shape index (κ1) is 10.8. The second kappa shape index (κ2) is 5.47. The van der Waals surface area contributed by atoms with Crippen LogP contribution in [-0.2, 0) is 0 Å². The molecule has 2 rings (SSSR count). The average Bonchev–Trinajstić information content (AvgIpc) is 2.69. The average molecular weight is 194 g/mol. The lowest BCUT2D eigenvalue weighted by molar-refractivity contribution is 0.445. The van der Waals surface area contributed by atoms with Crippen molar-refractivity contribution in [2.75, 3.05) is 6.54 Å². The van der Waals surface area contributed by atoms with Crippen LogP contribution in [0.3, 0.4) is 0 Å². The molecule has 0 saturated heterocycles. The van der Waals surface area contributed by atoms with Gasteiger partial charge in [-0.1, -0.05) is 19.9 Å². The Balaban J connectivity index is 0.000000461. The predicted octanol–water partition coefficient (Wildman–Crippen LogP) is 2.60. The molecular weight excluding hydrogens is 176 g/mol. The molecule has 1 aliphatic rings. The Morgan fingerprint density at radius 3 is 2.79 bits per heavy atom. The Morgan fingerprint density at radius 1 is 1.50 bits per heavy atom. The van der Waals surface area contributed by atoms with Crippen LogP contribution in [0.4, 0.5) is 0 Å². The van der Waals surface area contributed by atoms with Gasteiger partial charge in [0.2, 0.25) is 0 Å². The Morgan fingerprint density at radius 2 is 2.29 bits per heavy atom. The van der Waals surface area contributed by atoms with Crippen molar-refractivity contribution in [3.63, 3.8) is 0 Å². The molecule has 3 nitrogen and oxygen atoms in total. The van der Waals surface area contributed by atoms with E-state index >= 15 is 0 Å². The second-order valence-electron chi connectivity index (χ2n) is 2.99. The summed E-state index contributed by atoms with van der Waals surface area (Å²) in [6.07, 6.45) is 7.00. The van der Waals surface area contributed by atoms with Gasteiger partial charge >= 0.3 is 0 Å². The fraction of sp³-hybridized carbons (Fsp3) is 0.545. The molecule has 1 aromatic rings. The molecule has 2 heterocycles. The van der Waals surface area contributed by atoms with Crippen LogP contribution in [0.15, 0.2) is 22.9 Å². The smallest absolute Gasteiger partial charge is 0.191 e. The highest BCUT2D eigenvalue weighted by Crippen LogP contribution is 2.22. The van der Waals surface area contributed by atoms with E-state index < -0.39 is 0 Å². The van der Waals surface area contributed by atoms with E-state index in [-0.39, 0.29) is 0 Å². The molecule has 1 unspecified atom stereocenters. The molecule has 0 radical (unpaired) electrons. The zero-order valence-electron chi connectivity index (χ0n) is 9.08. The topological polar surface area (TPSA) is 38.1 Å². The van der Waals surface area contributed by atoms with Crippen molar-refractivity contribution in [3.05, 3.63) is 30.1 Å². The van der Waals surface area contributed by atoms with E-state index in [1.807, 2.05) is 33.2 Å².